The molecule has 1 aromatic carbocycles. The Morgan fingerprint density at radius 3 is 2.56 bits per heavy atom. The number of benzene rings is 1. The van der Waals surface area contributed by atoms with E-state index in [2.05, 4.69) is 10.2 Å². The standard InChI is InChI=1S/C12H12FN3/c13-9-5-3-7(4-6-9)10-11(8-1-2-8)15-16-12(10)14/h3-6,8H,1-2H2,(H3,14,15,16). The second kappa shape index (κ2) is 3.33. The summed E-state index contributed by atoms with van der Waals surface area (Å²) in [4.78, 5) is 0. The molecule has 1 fully saturated rings. The van der Waals surface area contributed by atoms with E-state index in [9.17, 15) is 4.39 Å². The molecule has 2 aromatic rings. The zero-order valence-corrected chi connectivity index (χ0v) is 8.70. The van der Waals surface area contributed by atoms with Crippen LogP contribution < -0.4 is 5.73 Å². The fourth-order valence-electron chi connectivity index (χ4n) is 1.96. The molecule has 16 heavy (non-hydrogen) atoms. The Kier molecular flexibility index (Phi) is 1.96. The third kappa shape index (κ3) is 1.46. The molecule has 1 aliphatic carbocycles. The van der Waals surface area contributed by atoms with Crippen LogP contribution in [0.15, 0.2) is 24.3 Å². The van der Waals surface area contributed by atoms with Crippen molar-refractivity contribution < 1.29 is 4.39 Å². The third-order valence-corrected chi connectivity index (χ3v) is 2.94. The minimum absolute atomic E-state index is 0.237. The van der Waals surface area contributed by atoms with Gasteiger partial charge in [0.25, 0.3) is 0 Å². The monoisotopic (exact) mass is 217 g/mol. The minimum Gasteiger partial charge on any atom is -0.382 e. The summed E-state index contributed by atoms with van der Waals surface area (Å²) >= 11 is 0. The third-order valence-electron chi connectivity index (χ3n) is 2.94. The Morgan fingerprint density at radius 2 is 1.94 bits per heavy atom. The SMILES string of the molecule is Nc1n[nH]c(C2CC2)c1-c1ccc(F)cc1. The van der Waals surface area contributed by atoms with E-state index in [1.165, 1.54) is 25.0 Å². The van der Waals surface area contributed by atoms with Gasteiger partial charge in [0.2, 0.25) is 0 Å². The number of nitrogen functional groups attached to an aromatic ring is 1. The number of aromatic nitrogens is 2. The molecule has 1 aliphatic rings. The Bertz CT molecular complexity index is 512. The molecule has 0 spiro atoms. The maximum atomic E-state index is 12.8. The number of anilines is 1. The van der Waals surface area contributed by atoms with Crippen molar-refractivity contribution in [2.75, 3.05) is 5.73 Å². The molecule has 3 rings (SSSR count). The van der Waals surface area contributed by atoms with E-state index >= 15 is 0 Å². The van der Waals surface area contributed by atoms with Crippen molar-refractivity contribution in [3.05, 3.63) is 35.8 Å². The number of halogens is 1. The van der Waals surface area contributed by atoms with E-state index in [0.717, 1.165) is 16.8 Å². The Hall–Kier alpha value is -1.84. The highest BCUT2D eigenvalue weighted by atomic mass is 19.1. The van der Waals surface area contributed by atoms with Gasteiger partial charge in [-0.25, -0.2) is 4.39 Å². The highest BCUT2D eigenvalue weighted by Gasteiger charge is 2.29. The first-order valence-electron chi connectivity index (χ1n) is 5.35. The van der Waals surface area contributed by atoms with Crippen molar-refractivity contribution in [1.29, 1.82) is 0 Å². The van der Waals surface area contributed by atoms with E-state index in [4.69, 9.17) is 5.73 Å². The smallest absolute Gasteiger partial charge is 0.153 e. The molecule has 0 radical (unpaired) electrons. The molecular formula is C12H12FN3. The van der Waals surface area contributed by atoms with Crippen LogP contribution in [0, 0.1) is 5.82 Å². The number of nitrogens with one attached hydrogen (secondary N) is 1. The van der Waals surface area contributed by atoms with E-state index < -0.39 is 0 Å². The fourth-order valence-corrected chi connectivity index (χ4v) is 1.96. The van der Waals surface area contributed by atoms with Gasteiger partial charge in [0.1, 0.15) is 5.82 Å². The first kappa shape index (κ1) is 9.39. The summed E-state index contributed by atoms with van der Waals surface area (Å²) in [6.07, 6.45) is 2.35. The summed E-state index contributed by atoms with van der Waals surface area (Å²) in [6.45, 7) is 0. The second-order valence-corrected chi connectivity index (χ2v) is 4.18. The van der Waals surface area contributed by atoms with Gasteiger partial charge in [0.05, 0.1) is 0 Å². The van der Waals surface area contributed by atoms with Crippen LogP contribution in [0.4, 0.5) is 10.2 Å². The van der Waals surface area contributed by atoms with Crippen molar-refractivity contribution in [3.8, 4) is 11.1 Å². The van der Waals surface area contributed by atoms with Crippen LogP contribution in [-0.2, 0) is 0 Å². The zero-order valence-electron chi connectivity index (χ0n) is 8.70. The molecule has 1 aromatic heterocycles. The lowest BCUT2D eigenvalue weighted by Crippen LogP contribution is -1.90. The number of hydrogen-bond acceptors (Lipinski definition) is 2. The van der Waals surface area contributed by atoms with Gasteiger partial charge in [-0.05, 0) is 30.5 Å². The summed E-state index contributed by atoms with van der Waals surface area (Å²) in [5.41, 5.74) is 8.79. The van der Waals surface area contributed by atoms with E-state index in [1.54, 1.807) is 12.1 Å². The van der Waals surface area contributed by atoms with Gasteiger partial charge in [-0.2, -0.15) is 5.10 Å². The number of hydrogen-bond donors (Lipinski definition) is 2. The number of nitrogens with two attached hydrogens (primary N) is 1. The molecule has 3 nitrogen and oxygen atoms in total. The first-order chi connectivity index (χ1) is 7.75. The normalized spacial score (nSPS) is 15.3. The van der Waals surface area contributed by atoms with Gasteiger partial charge in [0, 0.05) is 17.2 Å². The van der Waals surface area contributed by atoms with Gasteiger partial charge in [-0.15, -0.1) is 0 Å². The highest BCUT2D eigenvalue weighted by molar-refractivity contribution is 5.77. The van der Waals surface area contributed by atoms with Gasteiger partial charge in [-0.1, -0.05) is 12.1 Å². The molecule has 1 heterocycles. The van der Waals surface area contributed by atoms with E-state index in [-0.39, 0.29) is 5.82 Å². The van der Waals surface area contributed by atoms with Crippen molar-refractivity contribution in [2.45, 2.75) is 18.8 Å². The van der Waals surface area contributed by atoms with Crippen LogP contribution in [0.5, 0.6) is 0 Å². The first-order valence-corrected chi connectivity index (χ1v) is 5.35. The molecule has 4 heteroatoms. The molecule has 3 N–H and O–H groups in total. The predicted molar refractivity (Wildman–Crippen MR) is 60.4 cm³/mol. The maximum Gasteiger partial charge on any atom is 0.153 e. The van der Waals surface area contributed by atoms with E-state index in [0.29, 0.717) is 11.7 Å². The molecule has 0 amide bonds. The molecule has 0 unspecified atom stereocenters. The molecule has 0 aliphatic heterocycles. The van der Waals surface area contributed by atoms with Gasteiger partial charge < -0.3 is 5.73 Å². The number of rotatable bonds is 2. The summed E-state index contributed by atoms with van der Waals surface area (Å²) in [5.74, 6) is 0.803. The quantitative estimate of drug-likeness (QED) is 0.812. The Morgan fingerprint density at radius 1 is 1.25 bits per heavy atom. The zero-order chi connectivity index (χ0) is 11.1. The van der Waals surface area contributed by atoms with Crippen LogP contribution in [-0.4, -0.2) is 10.2 Å². The Labute approximate surface area is 92.5 Å². The molecular weight excluding hydrogens is 205 g/mol. The molecule has 82 valence electrons. The van der Waals surface area contributed by atoms with Crippen LogP contribution in [0.25, 0.3) is 11.1 Å². The molecule has 0 bridgehead atoms. The average Bonchev–Trinajstić information content (AvgIpc) is 3.05. The van der Waals surface area contributed by atoms with Gasteiger partial charge in [-0.3, -0.25) is 5.10 Å². The van der Waals surface area contributed by atoms with Crippen molar-refractivity contribution in [3.63, 3.8) is 0 Å². The van der Waals surface area contributed by atoms with Crippen molar-refractivity contribution >= 4 is 5.82 Å². The lowest BCUT2D eigenvalue weighted by Gasteiger charge is -2.02. The summed E-state index contributed by atoms with van der Waals surface area (Å²) in [5, 5.41) is 7.02. The fraction of sp³-hybridized carbons (Fsp3) is 0.250. The summed E-state index contributed by atoms with van der Waals surface area (Å²) in [7, 11) is 0. The molecule has 0 atom stereocenters. The maximum absolute atomic E-state index is 12.8. The minimum atomic E-state index is -0.237. The lowest BCUT2D eigenvalue weighted by molar-refractivity contribution is 0.628. The van der Waals surface area contributed by atoms with Crippen LogP contribution in [0.1, 0.15) is 24.5 Å². The second-order valence-electron chi connectivity index (χ2n) is 4.18. The van der Waals surface area contributed by atoms with Gasteiger partial charge in [0.15, 0.2) is 5.82 Å². The van der Waals surface area contributed by atoms with Crippen molar-refractivity contribution in [1.82, 2.24) is 10.2 Å². The highest BCUT2D eigenvalue weighted by Crippen LogP contribution is 2.44. The van der Waals surface area contributed by atoms with Crippen LogP contribution in [0.2, 0.25) is 0 Å². The summed E-state index contributed by atoms with van der Waals surface area (Å²) in [6, 6.07) is 6.36. The van der Waals surface area contributed by atoms with Gasteiger partial charge >= 0.3 is 0 Å². The van der Waals surface area contributed by atoms with E-state index in [1.807, 2.05) is 0 Å². The number of aromatic amines is 1. The average molecular weight is 217 g/mol. The lowest BCUT2D eigenvalue weighted by atomic mass is 10.0. The van der Waals surface area contributed by atoms with Crippen LogP contribution in [0.3, 0.4) is 0 Å². The van der Waals surface area contributed by atoms with Crippen LogP contribution >= 0.6 is 0 Å². The largest absolute Gasteiger partial charge is 0.382 e. The molecule has 1 saturated carbocycles. The Balaban J connectivity index is 2.10. The predicted octanol–water partition coefficient (Wildman–Crippen LogP) is 2.68. The molecule has 0 saturated heterocycles. The van der Waals surface area contributed by atoms with Crippen molar-refractivity contribution in [2.24, 2.45) is 0 Å². The summed E-state index contributed by atoms with van der Waals surface area (Å²) < 4.78 is 12.8. The topological polar surface area (TPSA) is 54.7 Å². The number of nitrogens with zero attached hydrogens (tertiary/aromatic N) is 1. The number of H-pyrrole nitrogens is 1.